The summed E-state index contributed by atoms with van der Waals surface area (Å²) in [6.45, 7) is 0. The molecule has 20 heavy (non-hydrogen) atoms. The molecule has 0 aliphatic heterocycles. The summed E-state index contributed by atoms with van der Waals surface area (Å²) in [5, 5.41) is 19.9. The number of alkyl halides is 4. The Morgan fingerprint density at radius 1 is 1.30 bits per heavy atom. The predicted octanol–water partition coefficient (Wildman–Crippen LogP) is 2.58. The molecule has 112 valence electrons. The van der Waals surface area contributed by atoms with Gasteiger partial charge in [0.2, 0.25) is 0 Å². The molecular formula is C12H12BrF3O4. The lowest BCUT2D eigenvalue weighted by molar-refractivity contribution is -0.274. The minimum absolute atomic E-state index is 0.0256. The van der Waals surface area contributed by atoms with Crippen LogP contribution in [0.4, 0.5) is 13.2 Å². The smallest absolute Gasteiger partial charge is 0.406 e. The van der Waals surface area contributed by atoms with E-state index >= 15 is 0 Å². The third kappa shape index (κ3) is 5.10. The van der Waals surface area contributed by atoms with E-state index in [9.17, 15) is 28.2 Å². The number of aldehydes is 1. The number of rotatable bonds is 6. The monoisotopic (exact) mass is 356 g/mol. The van der Waals surface area contributed by atoms with Crippen molar-refractivity contribution in [1.29, 1.82) is 0 Å². The summed E-state index contributed by atoms with van der Waals surface area (Å²) in [5.74, 6) is -0.623. The standard InChI is InChI=1S/C12H12BrF3O4/c13-2-1-10(18)11(19)8-3-7(6-17)4-9(5-8)20-12(14,15)16/h3-6,10-11,18-19H,1-2H2. The average Bonchev–Trinajstić information content (AvgIpc) is 2.35. The van der Waals surface area contributed by atoms with E-state index in [0.29, 0.717) is 11.6 Å². The first-order valence-electron chi connectivity index (χ1n) is 5.55. The van der Waals surface area contributed by atoms with Crippen LogP contribution in [-0.4, -0.2) is 34.3 Å². The molecule has 0 aliphatic carbocycles. The Kier molecular flexibility index (Phi) is 5.97. The van der Waals surface area contributed by atoms with Gasteiger partial charge < -0.3 is 14.9 Å². The summed E-state index contributed by atoms with van der Waals surface area (Å²) in [6, 6.07) is 3.02. The van der Waals surface area contributed by atoms with Crippen molar-refractivity contribution in [3.63, 3.8) is 0 Å². The molecule has 8 heteroatoms. The van der Waals surface area contributed by atoms with Crippen molar-refractivity contribution in [3.05, 3.63) is 29.3 Å². The summed E-state index contributed by atoms with van der Waals surface area (Å²) in [5.41, 5.74) is -0.117. The maximum atomic E-state index is 12.2. The Morgan fingerprint density at radius 2 is 1.95 bits per heavy atom. The van der Waals surface area contributed by atoms with E-state index in [1.54, 1.807) is 0 Å². The van der Waals surface area contributed by atoms with Crippen molar-refractivity contribution in [1.82, 2.24) is 0 Å². The number of hydrogen-bond acceptors (Lipinski definition) is 4. The molecule has 0 bridgehead atoms. The zero-order chi connectivity index (χ0) is 15.3. The van der Waals surface area contributed by atoms with E-state index < -0.39 is 24.3 Å². The molecule has 2 unspecified atom stereocenters. The molecule has 1 aromatic rings. The second-order valence-electron chi connectivity index (χ2n) is 3.99. The third-order valence-electron chi connectivity index (χ3n) is 2.43. The number of halogens is 4. The number of aliphatic hydroxyl groups is 2. The Labute approximate surface area is 121 Å². The molecule has 2 atom stereocenters. The SMILES string of the molecule is O=Cc1cc(OC(F)(F)F)cc(C(O)C(O)CCBr)c1. The van der Waals surface area contributed by atoms with Gasteiger partial charge in [0.25, 0.3) is 0 Å². The summed E-state index contributed by atoms with van der Waals surface area (Å²) < 4.78 is 40.2. The zero-order valence-corrected chi connectivity index (χ0v) is 11.7. The minimum Gasteiger partial charge on any atom is -0.406 e. The minimum atomic E-state index is -4.90. The van der Waals surface area contributed by atoms with Crippen LogP contribution in [0.5, 0.6) is 5.75 Å². The van der Waals surface area contributed by atoms with Crippen LogP contribution in [0.25, 0.3) is 0 Å². The predicted molar refractivity (Wildman–Crippen MR) is 67.9 cm³/mol. The summed E-state index contributed by atoms with van der Waals surface area (Å²) >= 11 is 3.07. The molecular weight excluding hydrogens is 345 g/mol. The molecule has 1 rings (SSSR count). The van der Waals surface area contributed by atoms with E-state index in [-0.39, 0.29) is 17.5 Å². The number of benzene rings is 1. The van der Waals surface area contributed by atoms with Gasteiger partial charge >= 0.3 is 6.36 Å². The van der Waals surface area contributed by atoms with Crippen LogP contribution < -0.4 is 4.74 Å². The summed E-state index contributed by atoms with van der Waals surface area (Å²) in [7, 11) is 0. The fourth-order valence-electron chi connectivity index (χ4n) is 1.57. The highest BCUT2D eigenvalue weighted by atomic mass is 79.9. The first-order chi connectivity index (χ1) is 9.26. The highest BCUT2D eigenvalue weighted by Gasteiger charge is 2.31. The van der Waals surface area contributed by atoms with Gasteiger partial charge in [0, 0.05) is 10.9 Å². The van der Waals surface area contributed by atoms with E-state index in [4.69, 9.17) is 0 Å². The Bertz CT molecular complexity index is 465. The molecule has 0 fully saturated rings. The Hall–Kier alpha value is -1.12. The van der Waals surface area contributed by atoms with Gasteiger partial charge in [-0.15, -0.1) is 13.2 Å². The van der Waals surface area contributed by atoms with E-state index in [1.807, 2.05) is 0 Å². The molecule has 0 saturated heterocycles. The molecule has 0 aliphatic rings. The second kappa shape index (κ2) is 7.05. The van der Waals surface area contributed by atoms with Crippen LogP contribution in [0, 0.1) is 0 Å². The van der Waals surface area contributed by atoms with Crippen LogP contribution in [0.15, 0.2) is 18.2 Å². The fraction of sp³-hybridized carbons (Fsp3) is 0.417. The average molecular weight is 357 g/mol. The lowest BCUT2D eigenvalue weighted by Crippen LogP contribution is -2.20. The van der Waals surface area contributed by atoms with Crippen LogP contribution >= 0.6 is 15.9 Å². The maximum Gasteiger partial charge on any atom is 0.573 e. The largest absolute Gasteiger partial charge is 0.573 e. The van der Waals surface area contributed by atoms with Gasteiger partial charge in [-0.3, -0.25) is 4.79 Å². The zero-order valence-electron chi connectivity index (χ0n) is 10.1. The highest BCUT2D eigenvalue weighted by Crippen LogP contribution is 2.28. The van der Waals surface area contributed by atoms with Crippen molar-refractivity contribution in [3.8, 4) is 5.75 Å². The maximum absolute atomic E-state index is 12.2. The van der Waals surface area contributed by atoms with Crippen molar-refractivity contribution in [2.24, 2.45) is 0 Å². The quantitative estimate of drug-likeness (QED) is 0.607. The molecule has 0 amide bonds. The number of carbonyl (C=O) groups is 1. The fourth-order valence-corrected chi connectivity index (χ4v) is 2.04. The number of carbonyl (C=O) groups excluding carboxylic acids is 1. The van der Waals surface area contributed by atoms with E-state index in [1.165, 1.54) is 6.07 Å². The Morgan fingerprint density at radius 3 is 2.45 bits per heavy atom. The number of ether oxygens (including phenoxy) is 1. The first-order valence-corrected chi connectivity index (χ1v) is 6.67. The van der Waals surface area contributed by atoms with Gasteiger partial charge in [0.1, 0.15) is 18.1 Å². The molecule has 0 heterocycles. The van der Waals surface area contributed by atoms with E-state index in [0.717, 1.165) is 12.1 Å². The van der Waals surface area contributed by atoms with Crippen molar-refractivity contribution in [2.45, 2.75) is 25.0 Å². The molecule has 2 N–H and O–H groups in total. The van der Waals surface area contributed by atoms with Crippen LogP contribution in [0.2, 0.25) is 0 Å². The first kappa shape index (κ1) is 16.9. The van der Waals surface area contributed by atoms with Gasteiger partial charge in [-0.1, -0.05) is 15.9 Å². The van der Waals surface area contributed by atoms with Crippen molar-refractivity contribution < 1.29 is 32.9 Å². The van der Waals surface area contributed by atoms with Gasteiger partial charge in [-0.2, -0.15) is 0 Å². The number of aliphatic hydroxyl groups excluding tert-OH is 2. The van der Waals surface area contributed by atoms with Crippen LogP contribution in [-0.2, 0) is 0 Å². The van der Waals surface area contributed by atoms with Crippen molar-refractivity contribution >= 4 is 22.2 Å². The third-order valence-corrected chi connectivity index (χ3v) is 2.89. The van der Waals surface area contributed by atoms with E-state index in [2.05, 4.69) is 20.7 Å². The molecule has 0 saturated carbocycles. The number of hydrogen-bond donors (Lipinski definition) is 2. The van der Waals surface area contributed by atoms with Gasteiger partial charge in [-0.25, -0.2) is 0 Å². The van der Waals surface area contributed by atoms with Gasteiger partial charge in [0.05, 0.1) is 6.10 Å². The lowest BCUT2D eigenvalue weighted by atomic mass is 10.0. The molecule has 0 aromatic heterocycles. The van der Waals surface area contributed by atoms with Gasteiger partial charge in [-0.05, 0) is 30.2 Å². The highest BCUT2D eigenvalue weighted by molar-refractivity contribution is 9.09. The molecule has 1 aromatic carbocycles. The summed E-state index contributed by atoms with van der Waals surface area (Å²) in [4.78, 5) is 10.7. The summed E-state index contributed by atoms with van der Waals surface area (Å²) in [6.07, 6.45) is -6.96. The Balaban J connectivity index is 3.07. The lowest BCUT2D eigenvalue weighted by Gasteiger charge is -2.19. The molecule has 0 spiro atoms. The van der Waals surface area contributed by atoms with Gasteiger partial charge in [0.15, 0.2) is 0 Å². The molecule has 0 radical (unpaired) electrons. The second-order valence-corrected chi connectivity index (χ2v) is 4.78. The van der Waals surface area contributed by atoms with Crippen molar-refractivity contribution in [2.75, 3.05) is 5.33 Å². The topological polar surface area (TPSA) is 66.8 Å². The normalized spacial score (nSPS) is 14.7. The molecule has 4 nitrogen and oxygen atoms in total. The van der Waals surface area contributed by atoms with Crippen LogP contribution in [0.3, 0.4) is 0 Å². The van der Waals surface area contributed by atoms with Crippen LogP contribution in [0.1, 0.15) is 28.4 Å².